The normalized spacial score (nSPS) is 19.6. The van der Waals surface area contributed by atoms with Gasteiger partial charge in [-0.3, -0.25) is 0 Å². The third-order valence-corrected chi connectivity index (χ3v) is 4.05. The monoisotopic (exact) mass is 297 g/mol. The van der Waals surface area contributed by atoms with Gasteiger partial charge in [0.1, 0.15) is 0 Å². The number of halogens is 1. The zero-order chi connectivity index (χ0) is 14.5. The Bertz CT molecular complexity index is 493. The van der Waals surface area contributed by atoms with Gasteiger partial charge in [-0.05, 0) is 43.9 Å². The quantitative estimate of drug-likeness (QED) is 0.337. The predicted octanol–water partition coefficient (Wildman–Crippen LogP) is 2.18. The van der Waals surface area contributed by atoms with Crippen molar-refractivity contribution >= 4 is 23.1 Å². The summed E-state index contributed by atoms with van der Waals surface area (Å²) in [5.74, 6) is 0.0137. The number of rotatable bonds is 5. The predicted molar refractivity (Wildman–Crippen MR) is 80.7 cm³/mol. The van der Waals surface area contributed by atoms with Crippen LogP contribution in [0.25, 0.3) is 0 Å². The van der Waals surface area contributed by atoms with Crippen molar-refractivity contribution in [1.82, 2.24) is 0 Å². The maximum absolute atomic E-state index is 8.96. The Morgan fingerprint density at radius 3 is 2.95 bits per heavy atom. The second kappa shape index (κ2) is 6.81. The zero-order valence-corrected chi connectivity index (χ0v) is 12.1. The molecule has 0 saturated carbocycles. The fraction of sp³-hybridized carbons (Fsp3) is 0.500. The minimum absolute atomic E-state index is 0.0137. The molecule has 1 atom stereocenters. The lowest BCUT2D eigenvalue weighted by atomic mass is 10.1. The Hall–Kier alpha value is -1.46. The lowest BCUT2D eigenvalue weighted by Crippen LogP contribution is -2.29. The molecule has 1 aliphatic heterocycles. The van der Waals surface area contributed by atoms with Crippen molar-refractivity contribution in [3.63, 3.8) is 0 Å². The van der Waals surface area contributed by atoms with E-state index in [1.165, 1.54) is 0 Å². The molecule has 0 aromatic heterocycles. The highest BCUT2D eigenvalue weighted by molar-refractivity contribution is 6.34. The third kappa shape index (κ3) is 3.16. The van der Waals surface area contributed by atoms with E-state index in [2.05, 4.69) is 10.1 Å². The molecule has 0 amide bonds. The molecule has 1 aromatic rings. The van der Waals surface area contributed by atoms with Crippen LogP contribution in [0.4, 0.5) is 5.69 Å². The van der Waals surface area contributed by atoms with Crippen molar-refractivity contribution in [3.05, 3.63) is 28.8 Å². The number of nitrogens with two attached hydrogens (primary N) is 1. The molecule has 1 heterocycles. The smallest absolute Gasteiger partial charge is 0.171 e. The Kier molecular flexibility index (Phi) is 5.09. The van der Waals surface area contributed by atoms with Gasteiger partial charge in [0.05, 0.1) is 5.02 Å². The average molecular weight is 298 g/mol. The Morgan fingerprint density at radius 1 is 1.50 bits per heavy atom. The van der Waals surface area contributed by atoms with Gasteiger partial charge in [0, 0.05) is 30.4 Å². The van der Waals surface area contributed by atoms with Crippen LogP contribution < -0.4 is 10.6 Å². The van der Waals surface area contributed by atoms with E-state index in [-0.39, 0.29) is 12.4 Å². The van der Waals surface area contributed by atoms with E-state index >= 15 is 0 Å². The first-order chi connectivity index (χ1) is 9.67. The van der Waals surface area contributed by atoms with E-state index in [0.717, 1.165) is 37.9 Å². The fourth-order valence-corrected chi connectivity index (χ4v) is 3.02. The van der Waals surface area contributed by atoms with E-state index in [9.17, 15) is 0 Å². The van der Waals surface area contributed by atoms with Crippen molar-refractivity contribution in [2.75, 3.05) is 18.1 Å². The molecule has 0 aliphatic carbocycles. The van der Waals surface area contributed by atoms with Crippen LogP contribution in [0.15, 0.2) is 23.4 Å². The van der Waals surface area contributed by atoms with Crippen LogP contribution in [-0.2, 0) is 0 Å². The van der Waals surface area contributed by atoms with Gasteiger partial charge < -0.3 is 20.9 Å². The molecule has 0 spiro atoms. The number of anilines is 1. The van der Waals surface area contributed by atoms with Crippen molar-refractivity contribution in [1.29, 1.82) is 0 Å². The lowest BCUT2D eigenvalue weighted by Gasteiger charge is -2.27. The number of aliphatic hydroxyl groups is 1. The summed E-state index contributed by atoms with van der Waals surface area (Å²) in [5, 5.41) is 21.1. The van der Waals surface area contributed by atoms with Gasteiger partial charge in [-0.2, -0.15) is 0 Å². The van der Waals surface area contributed by atoms with Crippen LogP contribution in [-0.4, -0.2) is 35.3 Å². The summed E-state index contributed by atoms with van der Waals surface area (Å²) in [6.07, 6.45) is 4.09. The molecule has 0 radical (unpaired) electrons. The van der Waals surface area contributed by atoms with E-state index in [1.807, 2.05) is 12.1 Å². The maximum Gasteiger partial charge on any atom is 0.171 e. The minimum Gasteiger partial charge on any atom is -0.409 e. The molecule has 4 N–H and O–H groups in total. The maximum atomic E-state index is 8.96. The number of nitrogens with zero attached hydrogens (tertiary/aromatic N) is 2. The van der Waals surface area contributed by atoms with Gasteiger partial charge in [0.2, 0.25) is 0 Å². The molecule has 2 rings (SSSR count). The van der Waals surface area contributed by atoms with Gasteiger partial charge >= 0.3 is 0 Å². The lowest BCUT2D eigenvalue weighted by molar-refractivity contribution is 0.279. The van der Waals surface area contributed by atoms with Gasteiger partial charge in [0.25, 0.3) is 0 Å². The number of hydrogen-bond donors (Lipinski definition) is 3. The Labute approximate surface area is 123 Å². The highest BCUT2D eigenvalue weighted by Crippen LogP contribution is 2.31. The molecule has 20 heavy (non-hydrogen) atoms. The van der Waals surface area contributed by atoms with Crippen LogP contribution in [0.3, 0.4) is 0 Å². The SMILES string of the molecule is NC(=NO)c1ccc(N2CCCC2CCCO)cc1Cl. The largest absolute Gasteiger partial charge is 0.409 e. The van der Waals surface area contributed by atoms with E-state index in [0.29, 0.717) is 16.6 Å². The van der Waals surface area contributed by atoms with Crippen LogP contribution in [0.2, 0.25) is 5.02 Å². The first-order valence-corrected chi connectivity index (χ1v) is 7.20. The number of hydrogen-bond acceptors (Lipinski definition) is 4. The molecule has 110 valence electrons. The van der Waals surface area contributed by atoms with Crippen molar-refractivity contribution in [2.45, 2.75) is 31.7 Å². The zero-order valence-electron chi connectivity index (χ0n) is 11.3. The van der Waals surface area contributed by atoms with Crippen LogP contribution in [0.1, 0.15) is 31.2 Å². The topological polar surface area (TPSA) is 82.1 Å². The van der Waals surface area contributed by atoms with Crippen LogP contribution >= 0.6 is 11.6 Å². The third-order valence-electron chi connectivity index (χ3n) is 3.74. The van der Waals surface area contributed by atoms with Crippen molar-refractivity contribution < 1.29 is 10.3 Å². The first kappa shape index (κ1) is 14.9. The summed E-state index contributed by atoms with van der Waals surface area (Å²) in [6.45, 7) is 1.23. The number of oxime groups is 1. The number of amidine groups is 1. The average Bonchev–Trinajstić information content (AvgIpc) is 2.92. The van der Waals surface area contributed by atoms with Gasteiger partial charge in [-0.15, -0.1) is 0 Å². The van der Waals surface area contributed by atoms with Gasteiger partial charge in [-0.1, -0.05) is 16.8 Å². The summed E-state index contributed by atoms with van der Waals surface area (Å²) < 4.78 is 0. The summed E-state index contributed by atoms with van der Waals surface area (Å²) in [7, 11) is 0. The van der Waals surface area contributed by atoms with Crippen molar-refractivity contribution in [3.8, 4) is 0 Å². The first-order valence-electron chi connectivity index (χ1n) is 6.82. The van der Waals surface area contributed by atoms with Gasteiger partial charge in [-0.25, -0.2) is 0 Å². The molecular weight excluding hydrogens is 278 g/mol. The number of benzene rings is 1. The highest BCUT2D eigenvalue weighted by atomic mass is 35.5. The highest BCUT2D eigenvalue weighted by Gasteiger charge is 2.24. The summed E-state index contributed by atoms with van der Waals surface area (Å²) >= 11 is 6.19. The Morgan fingerprint density at radius 2 is 2.30 bits per heavy atom. The molecular formula is C14H20ClN3O2. The Balaban J connectivity index is 2.18. The standard InChI is InChI=1S/C14H20ClN3O2/c15-13-9-11(5-6-12(13)14(16)17-20)18-7-1-3-10(18)4-2-8-19/h5-6,9-10,19-20H,1-4,7-8H2,(H2,16,17). The van der Waals surface area contributed by atoms with Crippen molar-refractivity contribution in [2.24, 2.45) is 10.9 Å². The molecule has 1 aromatic carbocycles. The van der Waals surface area contributed by atoms with E-state index in [4.69, 9.17) is 27.6 Å². The summed E-state index contributed by atoms with van der Waals surface area (Å²) in [4.78, 5) is 2.32. The molecule has 1 saturated heterocycles. The second-order valence-electron chi connectivity index (χ2n) is 5.00. The fourth-order valence-electron chi connectivity index (χ4n) is 2.75. The van der Waals surface area contributed by atoms with Gasteiger partial charge in [0.15, 0.2) is 5.84 Å². The molecule has 5 nitrogen and oxygen atoms in total. The molecule has 1 aliphatic rings. The summed E-state index contributed by atoms with van der Waals surface area (Å²) in [6, 6.07) is 6.02. The second-order valence-corrected chi connectivity index (χ2v) is 5.41. The minimum atomic E-state index is 0.0137. The molecule has 1 unspecified atom stereocenters. The van der Waals surface area contributed by atoms with Crippen LogP contribution in [0.5, 0.6) is 0 Å². The van der Waals surface area contributed by atoms with E-state index < -0.39 is 0 Å². The van der Waals surface area contributed by atoms with E-state index in [1.54, 1.807) is 6.07 Å². The molecule has 6 heteroatoms. The molecule has 0 bridgehead atoms. The van der Waals surface area contributed by atoms with Crippen LogP contribution in [0, 0.1) is 0 Å². The summed E-state index contributed by atoms with van der Waals surface area (Å²) in [5.41, 5.74) is 7.14. The number of aliphatic hydroxyl groups excluding tert-OH is 1. The molecule has 1 fully saturated rings.